The van der Waals surface area contributed by atoms with Gasteiger partial charge in [-0.25, -0.2) is 0 Å². The van der Waals surface area contributed by atoms with Gasteiger partial charge in [0.2, 0.25) is 5.91 Å². The number of benzene rings is 1. The summed E-state index contributed by atoms with van der Waals surface area (Å²) in [5, 5.41) is 0. The molecular weight excluding hydrogens is 292 g/mol. The number of hydrogen-bond acceptors (Lipinski definition) is 4. The van der Waals surface area contributed by atoms with Crippen LogP contribution in [0.1, 0.15) is 37.7 Å². The first-order valence-corrected chi connectivity index (χ1v) is 8.54. The Morgan fingerprint density at radius 1 is 1.22 bits per heavy atom. The highest BCUT2D eigenvalue weighted by atomic mass is 16.6. The van der Waals surface area contributed by atoms with E-state index >= 15 is 0 Å². The van der Waals surface area contributed by atoms with Gasteiger partial charge in [-0.15, -0.1) is 0 Å². The molecule has 1 amide bonds. The number of hydrogen-bond donors (Lipinski definition) is 1. The van der Waals surface area contributed by atoms with Gasteiger partial charge in [0.25, 0.3) is 0 Å². The van der Waals surface area contributed by atoms with E-state index in [0.29, 0.717) is 25.7 Å². The van der Waals surface area contributed by atoms with Crippen molar-refractivity contribution in [2.75, 3.05) is 20.3 Å². The summed E-state index contributed by atoms with van der Waals surface area (Å²) in [4.78, 5) is 14.3. The van der Waals surface area contributed by atoms with Crippen LogP contribution in [0.4, 0.5) is 0 Å². The second-order valence-electron chi connectivity index (χ2n) is 6.60. The molecule has 3 rings (SSSR count). The van der Waals surface area contributed by atoms with Crippen molar-refractivity contribution in [3.63, 3.8) is 0 Å². The van der Waals surface area contributed by atoms with Crippen LogP contribution in [0.25, 0.3) is 0 Å². The number of amides is 1. The van der Waals surface area contributed by atoms with Crippen LogP contribution >= 0.6 is 0 Å². The van der Waals surface area contributed by atoms with Crippen LogP contribution in [0.3, 0.4) is 0 Å². The van der Waals surface area contributed by atoms with Gasteiger partial charge in [0, 0.05) is 13.6 Å². The van der Waals surface area contributed by atoms with Crippen LogP contribution in [-0.4, -0.2) is 37.1 Å². The smallest absolute Gasteiger partial charge is 0.239 e. The van der Waals surface area contributed by atoms with E-state index in [1.165, 1.54) is 19.3 Å². The maximum atomic E-state index is 12.6. The largest absolute Gasteiger partial charge is 0.486 e. The number of rotatable bonds is 4. The van der Waals surface area contributed by atoms with Crippen molar-refractivity contribution < 1.29 is 14.3 Å². The van der Waals surface area contributed by atoms with Crippen molar-refractivity contribution in [3.05, 3.63) is 23.8 Å². The second-order valence-corrected chi connectivity index (χ2v) is 6.60. The van der Waals surface area contributed by atoms with E-state index in [0.717, 1.165) is 29.9 Å². The molecule has 0 radical (unpaired) electrons. The summed E-state index contributed by atoms with van der Waals surface area (Å²) in [6.07, 6.45) is 5.80. The molecule has 1 heterocycles. The van der Waals surface area contributed by atoms with Gasteiger partial charge >= 0.3 is 0 Å². The van der Waals surface area contributed by atoms with Crippen molar-refractivity contribution >= 4 is 5.91 Å². The molecule has 1 saturated carbocycles. The Morgan fingerprint density at radius 3 is 2.65 bits per heavy atom. The third-order valence-corrected chi connectivity index (χ3v) is 4.85. The quantitative estimate of drug-likeness (QED) is 0.925. The Labute approximate surface area is 137 Å². The molecule has 0 bridgehead atoms. The van der Waals surface area contributed by atoms with Gasteiger partial charge in [-0.2, -0.15) is 0 Å². The molecular formula is C18H26N2O3. The van der Waals surface area contributed by atoms with Crippen LogP contribution in [0.5, 0.6) is 11.5 Å². The molecule has 0 spiro atoms. The van der Waals surface area contributed by atoms with E-state index in [9.17, 15) is 4.79 Å². The Kier molecular flexibility index (Phi) is 5.06. The van der Waals surface area contributed by atoms with Gasteiger partial charge < -0.3 is 20.1 Å². The Morgan fingerprint density at radius 2 is 1.91 bits per heavy atom. The first-order chi connectivity index (χ1) is 11.1. The van der Waals surface area contributed by atoms with Gasteiger partial charge in [0.1, 0.15) is 13.2 Å². The highest BCUT2D eigenvalue weighted by molar-refractivity contribution is 5.81. The minimum Gasteiger partial charge on any atom is -0.486 e. The van der Waals surface area contributed by atoms with E-state index < -0.39 is 0 Å². The zero-order chi connectivity index (χ0) is 16.2. The molecule has 1 aromatic rings. The first kappa shape index (κ1) is 16.1. The molecule has 2 N–H and O–H groups in total. The highest BCUT2D eigenvalue weighted by Gasteiger charge is 2.28. The summed E-state index contributed by atoms with van der Waals surface area (Å²) in [5.41, 5.74) is 7.25. The monoisotopic (exact) mass is 318 g/mol. The number of carbonyl (C=O) groups excluding carboxylic acids is 1. The number of likely N-dealkylation sites (N-methyl/N-ethyl adjacent to an activating group) is 1. The van der Waals surface area contributed by atoms with Crippen LogP contribution in [-0.2, 0) is 11.3 Å². The predicted molar refractivity (Wildman–Crippen MR) is 88.5 cm³/mol. The van der Waals surface area contributed by atoms with E-state index in [-0.39, 0.29) is 11.9 Å². The minimum absolute atomic E-state index is 0.0341. The molecule has 1 aliphatic heterocycles. The SMILES string of the molecule is CN(Cc1ccc2c(c1)OCCO2)C(=O)[C@@H](N)C1CCCCC1. The van der Waals surface area contributed by atoms with Gasteiger partial charge in [0.05, 0.1) is 6.04 Å². The van der Waals surface area contributed by atoms with Crippen LogP contribution in [0.2, 0.25) is 0 Å². The number of fused-ring (bicyclic) bond motifs is 1. The van der Waals surface area contributed by atoms with Crippen molar-refractivity contribution in [1.29, 1.82) is 0 Å². The molecule has 5 nitrogen and oxygen atoms in total. The molecule has 0 saturated heterocycles. The van der Waals surface area contributed by atoms with Crippen molar-refractivity contribution in [3.8, 4) is 11.5 Å². The van der Waals surface area contributed by atoms with Gasteiger partial charge in [0.15, 0.2) is 11.5 Å². The number of ether oxygens (including phenoxy) is 2. The fraction of sp³-hybridized carbons (Fsp3) is 0.611. The molecule has 23 heavy (non-hydrogen) atoms. The zero-order valence-corrected chi connectivity index (χ0v) is 13.8. The fourth-order valence-corrected chi connectivity index (χ4v) is 3.49. The van der Waals surface area contributed by atoms with Crippen molar-refractivity contribution in [1.82, 2.24) is 4.90 Å². The molecule has 1 aliphatic carbocycles. The minimum atomic E-state index is -0.377. The van der Waals surface area contributed by atoms with Crippen LogP contribution in [0, 0.1) is 5.92 Å². The number of nitrogens with zero attached hydrogens (tertiary/aromatic N) is 1. The van der Waals surface area contributed by atoms with E-state index in [1.54, 1.807) is 4.90 Å². The summed E-state index contributed by atoms with van der Waals surface area (Å²) in [6, 6.07) is 5.45. The zero-order valence-electron chi connectivity index (χ0n) is 13.8. The van der Waals surface area contributed by atoms with Gasteiger partial charge in [-0.3, -0.25) is 4.79 Å². The lowest BCUT2D eigenvalue weighted by atomic mass is 9.84. The van der Waals surface area contributed by atoms with Crippen LogP contribution < -0.4 is 15.2 Å². The average molecular weight is 318 g/mol. The molecule has 1 fully saturated rings. The first-order valence-electron chi connectivity index (χ1n) is 8.54. The predicted octanol–water partition coefficient (Wildman–Crippen LogP) is 2.32. The van der Waals surface area contributed by atoms with Crippen molar-refractivity contribution in [2.45, 2.75) is 44.7 Å². The molecule has 2 aliphatic rings. The molecule has 0 aromatic heterocycles. The Hall–Kier alpha value is -1.75. The lowest BCUT2D eigenvalue weighted by Gasteiger charge is -2.30. The standard InChI is InChI=1S/C18H26N2O3/c1-20(18(21)17(19)14-5-3-2-4-6-14)12-13-7-8-15-16(11-13)23-10-9-22-15/h7-8,11,14,17H,2-6,9-10,12,19H2,1H3/t17-/m0/s1. The maximum absolute atomic E-state index is 12.6. The average Bonchev–Trinajstić information content (AvgIpc) is 2.61. The summed E-state index contributed by atoms with van der Waals surface area (Å²) in [7, 11) is 1.82. The second kappa shape index (κ2) is 7.21. The topological polar surface area (TPSA) is 64.8 Å². The summed E-state index contributed by atoms with van der Waals surface area (Å²) < 4.78 is 11.1. The fourth-order valence-electron chi connectivity index (χ4n) is 3.49. The maximum Gasteiger partial charge on any atom is 0.239 e. The lowest BCUT2D eigenvalue weighted by molar-refractivity contribution is -0.133. The molecule has 0 unspecified atom stereocenters. The third kappa shape index (κ3) is 3.78. The highest BCUT2D eigenvalue weighted by Crippen LogP contribution is 2.31. The van der Waals surface area contributed by atoms with Gasteiger partial charge in [-0.1, -0.05) is 25.3 Å². The van der Waals surface area contributed by atoms with E-state index in [4.69, 9.17) is 15.2 Å². The van der Waals surface area contributed by atoms with Crippen LogP contribution in [0.15, 0.2) is 18.2 Å². The molecule has 1 aromatic carbocycles. The summed E-state index contributed by atoms with van der Waals surface area (Å²) in [6.45, 7) is 1.69. The Balaban J connectivity index is 1.61. The number of carbonyl (C=O) groups is 1. The molecule has 126 valence electrons. The van der Waals surface area contributed by atoms with Gasteiger partial charge in [-0.05, 0) is 36.5 Å². The van der Waals surface area contributed by atoms with E-state index in [1.807, 2.05) is 25.2 Å². The third-order valence-electron chi connectivity index (χ3n) is 4.85. The Bertz CT molecular complexity index is 555. The summed E-state index contributed by atoms with van der Waals surface area (Å²) in [5.74, 6) is 1.89. The lowest BCUT2D eigenvalue weighted by Crippen LogP contribution is -2.46. The van der Waals surface area contributed by atoms with E-state index in [2.05, 4.69) is 0 Å². The molecule has 5 heteroatoms. The molecule has 1 atom stereocenters. The number of nitrogens with two attached hydrogens (primary N) is 1. The summed E-state index contributed by atoms with van der Waals surface area (Å²) >= 11 is 0. The van der Waals surface area contributed by atoms with Crippen molar-refractivity contribution in [2.24, 2.45) is 11.7 Å². The normalized spacial score (nSPS) is 19.2.